The second-order valence-corrected chi connectivity index (χ2v) is 9.68. The van der Waals surface area contributed by atoms with Crippen LogP contribution in [0.15, 0.2) is 60.7 Å². The highest BCUT2D eigenvalue weighted by Gasteiger charge is 2.42. The Labute approximate surface area is 196 Å². The number of carbonyl (C=O) groups excluding carboxylic acids is 3. The van der Waals surface area contributed by atoms with Crippen molar-refractivity contribution in [2.24, 2.45) is 0 Å². The zero-order chi connectivity index (χ0) is 23.9. The van der Waals surface area contributed by atoms with Crippen LogP contribution in [0.5, 0.6) is 0 Å². The summed E-state index contributed by atoms with van der Waals surface area (Å²) >= 11 is 0. The van der Waals surface area contributed by atoms with Crippen LogP contribution >= 0.6 is 0 Å². The summed E-state index contributed by atoms with van der Waals surface area (Å²) in [5, 5.41) is 5.46. The molecule has 1 unspecified atom stereocenters. The Balaban J connectivity index is 1.70. The number of alkyl carbamates (subject to hydrolysis) is 1. The van der Waals surface area contributed by atoms with Gasteiger partial charge >= 0.3 is 6.09 Å². The Kier molecular flexibility index (Phi) is 7.90. The third kappa shape index (κ3) is 6.67. The molecule has 0 spiro atoms. The number of ether oxygens (including phenoxy) is 1. The Hall–Kier alpha value is -3.15. The summed E-state index contributed by atoms with van der Waals surface area (Å²) in [5.74, 6) is -0.394. The van der Waals surface area contributed by atoms with Crippen molar-refractivity contribution in [3.05, 3.63) is 71.8 Å². The first-order valence-corrected chi connectivity index (χ1v) is 11.6. The van der Waals surface area contributed by atoms with Crippen LogP contribution in [0.25, 0.3) is 0 Å². The third-order valence-electron chi connectivity index (χ3n) is 6.03. The summed E-state index contributed by atoms with van der Waals surface area (Å²) in [6.45, 7) is 5.22. The molecule has 3 rings (SSSR count). The molecule has 33 heavy (non-hydrogen) atoms. The number of carbonyl (C=O) groups is 3. The highest BCUT2D eigenvalue weighted by molar-refractivity contribution is 5.95. The Morgan fingerprint density at radius 3 is 2.09 bits per heavy atom. The van der Waals surface area contributed by atoms with Crippen molar-refractivity contribution in [1.82, 2.24) is 10.6 Å². The van der Waals surface area contributed by atoms with Gasteiger partial charge in [-0.25, -0.2) is 4.79 Å². The lowest BCUT2D eigenvalue weighted by Crippen LogP contribution is -2.51. The summed E-state index contributed by atoms with van der Waals surface area (Å²) in [6, 6.07) is 18.4. The summed E-state index contributed by atoms with van der Waals surface area (Å²) in [5.41, 5.74) is 0.673. The molecule has 0 saturated heterocycles. The smallest absolute Gasteiger partial charge is 0.408 e. The molecule has 6 nitrogen and oxygen atoms in total. The summed E-state index contributed by atoms with van der Waals surface area (Å²) in [7, 11) is 0. The third-order valence-corrected chi connectivity index (χ3v) is 6.03. The van der Waals surface area contributed by atoms with Crippen molar-refractivity contribution in [3.8, 4) is 0 Å². The minimum atomic E-state index is -0.855. The van der Waals surface area contributed by atoms with Gasteiger partial charge in [0.15, 0.2) is 5.78 Å². The van der Waals surface area contributed by atoms with Crippen molar-refractivity contribution in [3.63, 3.8) is 0 Å². The van der Waals surface area contributed by atoms with E-state index in [0.717, 1.165) is 36.8 Å². The van der Waals surface area contributed by atoms with E-state index in [1.54, 1.807) is 20.8 Å². The van der Waals surface area contributed by atoms with Gasteiger partial charge in [0.05, 0.1) is 12.0 Å². The number of amides is 2. The zero-order valence-electron chi connectivity index (χ0n) is 19.7. The van der Waals surface area contributed by atoms with E-state index < -0.39 is 29.1 Å². The van der Waals surface area contributed by atoms with Crippen LogP contribution in [0.4, 0.5) is 4.79 Å². The molecule has 1 saturated carbocycles. The Morgan fingerprint density at radius 2 is 1.52 bits per heavy atom. The second-order valence-electron chi connectivity index (χ2n) is 9.68. The van der Waals surface area contributed by atoms with Crippen molar-refractivity contribution in [1.29, 1.82) is 0 Å². The fourth-order valence-electron chi connectivity index (χ4n) is 4.43. The lowest BCUT2D eigenvalue weighted by molar-refractivity contribution is -0.128. The molecule has 2 aromatic carbocycles. The van der Waals surface area contributed by atoms with Gasteiger partial charge in [0, 0.05) is 6.42 Å². The number of ketones is 1. The molecule has 0 bridgehead atoms. The van der Waals surface area contributed by atoms with E-state index in [-0.39, 0.29) is 12.3 Å². The van der Waals surface area contributed by atoms with Crippen molar-refractivity contribution in [2.45, 2.75) is 69.9 Å². The molecule has 0 radical (unpaired) electrons. The molecule has 176 valence electrons. The highest BCUT2D eigenvalue weighted by atomic mass is 16.6. The average molecular weight is 451 g/mol. The standard InChI is InChI=1S/C27H34N2O4/c1-26(2,3)33-25(32)29-22(18-20-12-6-4-7-13-20)24(31)28-19-23(30)27(16-10-11-17-27)21-14-8-5-9-15-21/h4-9,12-15,22H,10-11,16-19H2,1-3H3,(H,28,31)(H,29,32). The number of hydrogen-bond acceptors (Lipinski definition) is 4. The lowest BCUT2D eigenvalue weighted by atomic mass is 9.75. The van der Waals surface area contributed by atoms with Gasteiger partial charge in [0.25, 0.3) is 0 Å². The predicted octanol–water partition coefficient (Wildman–Crippen LogP) is 4.32. The van der Waals surface area contributed by atoms with Gasteiger partial charge in [-0.1, -0.05) is 73.5 Å². The maximum atomic E-state index is 13.3. The highest BCUT2D eigenvalue weighted by Crippen LogP contribution is 2.41. The van der Waals surface area contributed by atoms with Gasteiger partial charge in [-0.3, -0.25) is 9.59 Å². The SMILES string of the molecule is CC(C)(C)OC(=O)NC(Cc1ccccc1)C(=O)NCC(=O)C1(c2ccccc2)CCCC1. The molecule has 2 amide bonds. The summed E-state index contributed by atoms with van der Waals surface area (Å²) in [6.07, 6.45) is 3.19. The average Bonchev–Trinajstić information content (AvgIpc) is 3.28. The van der Waals surface area contributed by atoms with E-state index in [1.165, 1.54) is 0 Å². The van der Waals surface area contributed by atoms with Crippen LogP contribution in [0, 0.1) is 0 Å². The van der Waals surface area contributed by atoms with Crippen LogP contribution in [0.3, 0.4) is 0 Å². The Morgan fingerprint density at radius 1 is 0.939 bits per heavy atom. The Bertz CT molecular complexity index is 945. The fourth-order valence-corrected chi connectivity index (χ4v) is 4.43. The van der Waals surface area contributed by atoms with Crippen molar-refractivity contribution >= 4 is 17.8 Å². The lowest BCUT2D eigenvalue weighted by Gasteiger charge is -2.29. The number of rotatable bonds is 8. The maximum absolute atomic E-state index is 13.3. The molecule has 0 aliphatic heterocycles. The fraction of sp³-hybridized carbons (Fsp3) is 0.444. The largest absolute Gasteiger partial charge is 0.444 e. The van der Waals surface area contributed by atoms with Crippen LogP contribution < -0.4 is 10.6 Å². The van der Waals surface area contributed by atoms with E-state index in [1.807, 2.05) is 60.7 Å². The van der Waals surface area contributed by atoms with E-state index in [2.05, 4.69) is 10.6 Å². The first-order valence-electron chi connectivity index (χ1n) is 11.6. The van der Waals surface area contributed by atoms with Crippen molar-refractivity contribution < 1.29 is 19.1 Å². The number of nitrogens with one attached hydrogen (secondary N) is 2. The summed E-state index contributed by atoms with van der Waals surface area (Å²) < 4.78 is 5.34. The molecule has 0 aromatic heterocycles. The van der Waals surface area contributed by atoms with E-state index in [4.69, 9.17) is 4.74 Å². The van der Waals surface area contributed by atoms with Crippen LogP contribution in [-0.2, 0) is 26.2 Å². The van der Waals surface area contributed by atoms with Gasteiger partial charge in [-0.15, -0.1) is 0 Å². The molecule has 1 aliphatic carbocycles. The monoisotopic (exact) mass is 450 g/mol. The first-order chi connectivity index (χ1) is 15.7. The molecular formula is C27H34N2O4. The van der Waals surface area contributed by atoms with Crippen molar-refractivity contribution in [2.75, 3.05) is 6.54 Å². The molecular weight excluding hydrogens is 416 g/mol. The van der Waals surface area contributed by atoms with Gasteiger partial charge in [-0.2, -0.15) is 0 Å². The molecule has 2 N–H and O–H groups in total. The number of hydrogen-bond donors (Lipinski definition) is 2. The first kappa shape index (κ1) is 24.5. The number of Topliss-reactive ketones (excluding diaryl/α,β-unsaturated/α-hetero) is 1. The minimum Gasteiger partial charge on any atom is -0.444 e. The molecule has 1 aliphatic rings. The predicted molar refractivity (Wildman–Crippen MR) is 128 cm³/mol. The van der Waals surface area contributed by atoms with Crippen LogP contribution in [0.2, 0.25) is 0 Å². The van der Waals surface area contributed by atoms with Crippen LogP contribution in [-0.4, -0.2) is 36.0 Å². The van der Waals surface area contributed by atoms with Gasteiger partial charge < -0.3 is 15.4 Å². The van der Waals surface area contributed by atoms with Crippen LogP contribution in [0.1, 0.15) is 57.6 Å². The topological polar surface area (TPSA) is 84.5 Å². The number of benzene rings is 2. The summed E-state index contributed by atoms with van der Waals surface area (Å²) in [4.78, 5) is 38.8. The second kappa shape index (κ2) is 10.6. The molecule has 2 aromatic rings. The quantitative estimate of drug-likeness (QED) is 0.627. The van der Waals surface area contributed by atoms with Gasteiger partial charge in [0.2, 0.25) is 5.91 Å². The normalized spacial score (nSPS) is 16.0. The van der Waals surface area contributed by atoms with E-state index >= 15 is 0 Å². The molecule has 0 heterocycles. The minimum absolute atomic E-state index is 0.00952. The molecule has 1 atom stereocenters. The molecule has 6 heteroatoms. The van der Waals surface area contributed by atoms with E-state index in [9.17, 15) is 14.4 Å². The van der Waals surface area contributed by atoms with E-state index in [0.29, 0.717) is 6.42 Å². The van der Waals surface area contributed by atoms with Gasteiger partial charge in [-0.05, 0) is 44.7 Å². The zero-order valence-corrected chi connectivity index (χ0v) is 19.7. The van der Waals surface area contributed by atoms with Gasteiger partial charge in [0.1, 0.15) is 11.6 Å². The maximum Gasteiger partial charge on any atom is 0.408 e. The molecule has 1 fully saturated rings.